The van der Waals surface area contributed by atoms with E-state index < -0.39 is 0 Å². The molecule has 27 heavy (non-hydrogen) atoms. The summed E-state index contributed by atoms with van der Waals surface area (Å²) in [4.78, 5) is 25.6. The van der Waals surface area contributed by atoms with Crippen molar-refractivity contribution in [1.29, 1.82) is 0 Å². The van der Waals surface area contributed by atoms with Gasteiger partial charge in [-0.05, 0) is 30.5 Å². The SMILES string of the molecule is O=C(c1ccn[nH]1)N1CCC2(CC1)OCCc1sc(-c3cnccn3)cc12. The molecule has 1 spiro atoms. The number of carbonyl (C=O) groups is 1. The van der Waals surface area contributed by atoms with E-state index >= 15 is 0 Å². The van der Waals surface area contributed by atoms with Crippen molar-refractivity contribution in [3.63, 3.8) is 0 Å². The van der Waals surface area contributed by atoms with E-state index in [4.69, 9.17) is 4.74 Å². The van der Waals surface area contributed by atoms with E-state index in [-0.39, 0.29) is 11.5 Å². The largest absolute Gasteiger partial charge is 0.370 e. The van der Waals surface area contributed by atoms with Crippen LogP contribution in [0, 0.1) is 0 Å². The van der Waals surface area contributed by atoms with Crippen molar-refractivity contribution < 1.29 is 9.53 Å². The van der Waals surface area contributed by atoms with E-state index in [0.717, 1.165) is 36.4 Å². The Morgan fingerprint density at radius 2 is 2.15 bits per heavy atom. The fourth-order valence-corrected chi connectivity index (χ4v) is 5.19. The molecule has 0 radical (unpaired) electrons. The average molecular weight is 381 g/mol. The smallest absolute Gasteiger partial charge is 0.271 e. The maximum atomic E-state index is 12.6. The number of nitrogens with one attached hydrogen (secondary N) is 1. The Labute approximate surface area is 160 Å². The monoisotopic (exact) mass is 381 g/mol. The summed E-state index contributed by atoms with van der Waals surface area (Å²) in [6.07, 6.45) is 9.35. The number of H-pyrrole nitrogens is 1. The third kappa shape index (κ3) is 2.85. The molecule has 0 unspecified atom stereocenters. The van der Waals surface area contributed by atoms with Gasteiger partial charge in [0.25, 0.3) is 5.91 Å². The molecule has 2 aliphatic rings. The molecule has 0 bridgehead atoms. The van der Waals surface area contributed by atoms with Crippen LogP contribution < -0.4 is 0 Å². The number of rotatable bonds is 2. The molecule has 7 nitrogen and oxygen atoms in total. The highest BCUT2D eigenvalue weighted by molar-refractivity contribution is 7.15. The second-order valence-corrected chi connectivity index (χ2v) is 8.03. The summed E-state index contributed by atoms with van der Waals surface area (Å²) in [7, 11) is 0. The first-order chi connectivity index (χ1) is 13.3. The summed E-state index contributed by atoms with van der Waals surface area (Å²) in [5.41, 5.74) is 2.42. The van der Waals surface area contributed by atoms with E-state index in [2.05, 4.69) is 26.2 Å². The van der Waals surface area contributed by atoms with Gasteiger partial charge >= 0.3 is 0 Å². The number of hydrogen-bond donors (Lipinski definition) is 1. The van der Waals surface area contributed by atoms with Crippen molar-refractivity contribution in [2.45, 2.75) is 24.9 Å². The van der Waals surface area contributed by atoms with Crippen molar-refractivity contribution in [3.05, 3.63) is 53.1 Å². The lowest BCUT2D eigenvalue weighted by Crippen LogP contribution is -2.48. The Morgan fingerprint density at radius 1 is 1.26 bits per heavy atom. The number of hydrogen-bond acceptors (Lipinski definition) is 6. The number of fused-ring (bicyclic) bond motifs is 2. The fraction of sp³-hybridized carbons (Fsp3) is 0.368. The third-order valence-corrected chi connectivity index (χ3v) is 6.63. The van der Waals surface area contributed by atoms with Gasteiger partial charge in [-0.15, -0.1) is 11.3 Å². The third-order valence-electron chi connectivity index (χ3n) is 5.41. The Hall–Kier alpha value is -2.58. The lowest BCUT2D eigenvalue weighted by Gasteiger charge is -2.44. The van der Waals surface area contributed by atoms with E-state index in [1.807, 2.05) is 4.90 Å². The maximum absolute atomic E-state index is 12.6. The van der Waals surface area contributed by atoms with Crippen molar-refractivity contribution in [1.82, 2.24) is 25.1 Å². The van der Waals surface area contributed by atoms with Crippen molar-refractivity contribution >= 4 is 17.2 Å². The molecule has 0 saturated carbocycles. The minimum absolute atomic E-state index is 0.00366. The summed E-state index contributed by atoms with van der Waals surface area (Å²) in [5.74, 6) is 0.00366. The minimum atomic E-state index is -0.296. The number of ether oxygens (including phenoxy) is 1. The molecule has 8 heteroatoms. The second kappa shape index (κ2) is 6.54. The molecule has 5 heterocycles. The van der Waals surface area contributed by atoms with Gasteiger partial charge in [-0.3, -0.25) is 19.9 Å². The minimum Gasteiger partial charge on any atom is -0.370 e. The van der Waals surface area contributed by atoms with Gasteiger partial charge in [0.05, 0.1) is 29.0 Å². The lowest BCUT2D eigenvalue weighted by atomic mass is 9.82. The van der Waals surface area contributed by atoms with Crippen LogP contribution in [-0.4, -0.2) is 50.7 Å². The van der Waals surface area contributed by atoms with Crippen LogP contribution in [0.5, 0.6) is 0 Å². The van der Waals surface area contributed by atoms with E-state index in [1.165, 1.54) is 10.4 Å². The van der Waals surface area contributed by atoms with E-state index in [9.17, 15) is 4.79 Å². The molecule has 0 aliphatic carbocycles. The van der Waals surface area contributed by atoms with Crippen LogP contribution >= 0.6 is 11.3 Å². The number of nitrogens with zero attached hydrogens (tertiary/aromatic N) is 4. The first-order valence-corrected chi connectivity index (χ1v) is 9.89. The molecule has 2 aliphatic heterocycles. The Balaban J connectivity index is 1.40. The Morgan fingerprint density at radius 3 is 2.89 bits per heavy atom. The number of thiophene rings is 1. The number of aromatic nitrogens is 4. The van der Waals surface area contributed by atoms with Crippen LogP contribution in [-0.2, 0) is 16.8 Å². The van der Waals surface area contributed by atoms with E-state index in [0.29, 0.717) is 18.8 Å². The number of piperidine rings is 1. The van der Waals surface area contributed by atoms with Gasteiger partial charge in [0.2, 0.25) is 0 Å². The zero-order chi connectivity index (χ0) is 18.3. The molecule has 0 atom stereocenters. The van der Waals surface area contributed by atoms with Gasteiger partial charge < -0.3 is 9.64 Å². The van der Waals surface area contributed by atoms with Gasteiger partial charge in [-0.1, -0.05) is 0 Å². The van der Waals surface area contributed by atoms with Gasteiger partial charge in [0.1, 0.15) is 5.69 Å². The number of carbonyl (C=O) groups excluding carboxylic acids is 1. The lowest BCUT2D eigenvalue weighted by molar-refractivity contribution is -0.0926. The van der Waals surface area contributed by atoms with Crippen LogP contribution in [0.4, 0.5) is 0 Å². The molecule has 138 valence electrons. The summed E-state index contributed by atoms with van der Waals surface area (Å²) in [5, 5.41) is 6.63. The average Bonchev–Trinajstić information content (AvgIpc) is 3.40. The molecule has 1 N–H and O–H groups in total. The quantitative estimate of drug-likeness (QED) is 0.738. The van der Waals surface area contributed by atoms with Crippen LogP contribution in [0.3, 0.4) is 0 Å². The number of likely N-dealkylation sites (tertiary alicyclic amines) is 1. The standard InChI is InChI=1S/C19H19N5O2S/c25-18(14-1-5-22-23-14)24-8-3-19(4-9-24)13-11-17(15-12-20-6-7-21-15)27-16(13)2-10-26-19/h1,5-7,11-12H,2-4,8-10H2,(H,22,23). The Bertz CT molecular complexity index is 946. The zero-order valence-electron chi connectivity index (χ0n) is 14.7. The number of amides is 1. The molecular formula is C19H19N5O2S. The van der Waals surface area contributed by atoms with Crippen molar-refractivity contribution in [2.75, 3.05) is 19.7 Å². The fourth-order valence-electron chi connectivity index (χ4n) is 4.00. The predicted octanol–water partition coefficient (Wildman–Crippen LogP) is 2.63. The highest BCUT2D eigenvalue weighted by atomic mass is 32.1. The van der Waals surface area contributed by atoms with Gasteiger partial charge in [0.15, 0.2) is 0 Å². The first kappa shape index (κ1) is 16.6. The first-order valence-electron chi connectivity index (χ1n) is 9.07. The number of aromatic amines is 1. The summed E-state index contributed by atoms with van der Waals surface area (Å²) in [6, 6.07) is 3.93. The van der Waals surface area contributed by atoms with Crippen LogP contribution in [0.2, 0.25) is 0 Å². The predicted molar refractivity (Wildman–Crippen MR) is 100 cm³/mol. The van der Waals surface area contributed by atoms with Gasteiger partial charge in [-0.25, -0.2) is 0 Å². The zero-order valence-corrected chi connectivity index (χ0v) is 15.5. The summed E-state index contributed by atoms with van der Waals surface area (Å²) in [6.45, 7) is 2.07. The molecular weight excluding hydrogens is 362 g/mol. The van der Waals surface area contributed by atoms with Crippen LogP contribution in [0.25, 0.3) is 10.6 Å². The Kier molecular flexibility index (Phi) is 4.02. The van der Waals surface area contributed by atoms with Crippen LogP contribution in [0.15, 0.2) is 36.9 Å². The summed E-state index contributed by atoms with van der Waals surface area (Å²) >= 11 is 1.78. The van der Waals surface area contributed by atoms with Crippen molar-refractivity contribution in [3.8, 4) is 10.6 Å². The second-order valence-electron chi connectivity index (χ2n) is 6.89. The normalized spacial score (nSPS) is 18.4. The molecule has 5 rings (SSSR count). The topological polar surface area (TPSA) is 84.0 Å². The maximum Gasteiger partial charge on any atom is 0.271 e. The van der Waals surface area contributed by atoms with Gasteiger partial charge in [-0.2, -0.15) is 5.10 Å². The molecule has 1 fully saturated rings. The summed E-state index contributed by atoms with van der Waals surface area (Å²) < 4.78 is 6.31. The molecule has 0 aromatic carbocycles. The van der Waals surface area contributed by atoms with Crippen molar-refractivity contribution in [2.24, 2.45) is 0 Å². The van der Waals surface area contributed by atoms with Gasteiger partial charge in [0, 0.05) is 43.0 Å². The van der Waals surface area contributed by atoms with E-state index in [1.54, 1.807) is 42.2 Å². The molecule has 1 amide bonds. The highest BCUT2D eigenvalue weighted by Gasteiger charge is 2.43. The molecule has 1 saturated heterocycles. The molecule has 3 aromatic heterocycles. The molecule has 3 aromatic rings. The van der Waals surface area contributed by atoms with Crippen LogP contribution in [0.1, 0.15) is 33.8 Å². The highest BCUT2D eigenvalue weighted by Crippen LogP contribution is 2.46.